The molecule has 2 nitrogen and oxygen atoms in total. The van der Waals surface area contributed by atoms with Crippen molar-refractivity contribution in [1.82, 2.24) is 0 Å². The minimum Gasteiger partial charge on any atom is -0.478 e. The summed E-state index contributed by atoms with van der Waals surface area (Å²) in [6.45, 7) is 2.25. The van der Waals surface area contributed by atoms with E-state index in [0.717, 1.165) is 12.5 Å². The van der Waals surface area contributed by atoms with Gasteiger partial charge in [0.05, 0.1) is 0 Å². The highest BCUT2D eigenvalue weighted by Crippen LogP contribution is 2.08. The zero-order chi connectivity index (χ0) is 17.7. The van der Waals surface area contributed by atoms with E-state index in [1.807, 2.05) is 36.5 Å². The van der Waals surface area contributed by atoms with Crippen LogP contribution in [0.5, 0.6) is 0 Å². The van der Waals surface area contributed by atoms with Gasteiger partial charge in [-0.3, -0.25) is 0 Å². The predicted molar refractivity (Wildman–Crippen MR) is 105 cm³/mol. The first kappa shape index (κ1) is 21.9. The molecule has 0 aromatic rings. The van der Waals surface area contributed by atoms with Gasteiger partial charge in [-0.05, 0) is 12.8 Å². The molecule has 0 spiro atoms. The first-order chi connectivity index (χ1) is 11.8. The maximum atomic E-state index is 10.2. The first-order valence-electron chi connectivity index (χ1n) is 9.00. The fraction of sp³-hybridized carbons (Fsp3) is 0.409. The Bertz CT molecular complexity index is 462. The molecule has 0 amide bonds. The van der Waals surface area contributed by atoms with E-state index in [2.05, 4.69) is 19.1 Å². The maximum Gasteiger partial charge on any atom is 0.328 e. The van der Waals surface area contributed by atoms with Gasteiger partial charge in [0.1, 0.15) is 0 Å². The van der Waals surface area contributed by atoms with E-state index in [1.165, 1.54) is 51.0 Å². The maximum absolute atomic E-state index is 10.2. The zero-order valence-electron chi connectivity index (χ0n) is 14.9. The van der Waals surface area contributed by atoms with Crippen LogP contribution >= 0.6 is 0 Å². The van der Waals surface area contributed by atoms with Crippen LogP contribution in [0.4, 0.5) is 0 Å². The number of carbonyl (C=O) groups is 1. The third-order valence-corrected chi connectivity index (χ3v) is 3.35. The summed E-state index contributed by atoms with van der Waals surface area (Å²) >= 11 is 0. The van der Waals surface area contributed by atoms with Crippen LogP contribution < -0.4 is 0 Å². The van der Waals surface area contributed by atoms with Crippen LogP contribution in [0.15, 0.2) is 72.9 Å². The molecule has 0 saturated heterocycles. The van der Waals surface area contributed by atoms with Crippen molar-refractivity contribution in [3.8, 4) is 0 Å². The molecule has 0 unspecified atom stereocenters. The highest BCUT2D eigenvalue weighted by atomic mass is 16.4. The van der Waals surface area contributed by atoms with Crippen LogP contribution in [0.2, 0.25) is 0 Å². The quantitative estimate of drug-likeness (QED) is 0.223. The molecule has 0 aromatic carbocycles. The Kier molecular flexibility index (Phi) is 17.3. The van der Waals surface area contributed by atoms with E-state index in [4.69, 9.17) is 5.11 Å². The highest BCUT2D eigenvalue weighted by molar-refractivity contribution is 5.80. The van der Waals surface area contributed by atoms with E-state index >= 15 is 0 Å². The number of carboxylic acids is 1. The molecule has 0 aliphatic rings. The molecular weight excluding hydrogens is 296 g/mol. The first-order valence-corrected chi connectivity index (χ1v) is 9.00. The number of aliphatic carboxylic acids is 1. The highest BCUT2D eigenvalue weighted by Gasteiger charge is 1.88. The summed E-state index contributed by atoms with van der Waals surface area (Å²) in [6.07, 6.45) is 32.7. The van der Waals surface area contributed by atoms with Crippen LogP contribution in [-0.2, 0) is 4.79 Å². The van der Waals surface area contributed by atoms with E-state index in [-0.39, 0.29) is 0 Å². The molecule has 0 rings (SSSR count). The van der Waals surface area contributed by atoms with Crippen molar-refractivity contribution in [2.45, 2.75) is 58.3 Å². The molecule has 0 aliphatic carbocycles. The van der Waals surface area contributed by atoms with Gasteiger partial charge in [0.15, 0.2) is 0 Å². The number of hydrogen-bond donors (Lipinski definition) is 1. The van der Waals surface area contributed by atoms with Crippen LogP contribution in [-0.4, -0.2) is 11.1 Å². The van der Waals surface area contributed by atoms with Gasteiger partial charge in [0, 0.05) is 6.08 Å². The lowest BCUT2D eigenvalue weighted by atomic mass is 10.1. The van der Waals surface area contributed by atoms with Crippen LogP contribution in [0.3, 0.4) is 0 Å². The number of carboxylic acid groups (broad SMARTS) is 1. The molecule has 0 aliphatic heterocycles. The average molecular weight is 328 g/mol. The minimum atomic E-state index is -0.936. The summed E-state index contributed by atoms with van der Waals surface area (Å²) in [6, 6.07) is 0. The average Bonchev–Trinajstić information content (AvgIpc) is 2.56. The molecular formula is C22H32O2. The molecule has 0 heterocycles. The second kappa shape index (κ2) is 19.0. The number of hydrogen-bond acceptors (Lipinski definition) is 1. The molecule has 0 saturated carbocycles. The number of unbranched alkanes of at least 4 members (excludes halogenated alkanes) is 7. The Morgan fingerprint density at radius 1 is 0.667 bits per heavy atom. The fourth-order valence-corrected chi connectivity index (χ4v) is 2.05. The van der Waals surface area contributed by atoms with Crippen molar-refractivity contribution in [2.75, 3.05) is 0 Å². The van der Waals surface area contributed by atoms with Crippen LogP contribution in [0.25, 0.3) is 0 Å². The smallest absolute Gasteiger partial charge is 0.328 e. The van der Waals surface area contributed by atoms with Gasteiger partial charge < -0.3 is 5.11 Å². The monoisotopic (exact) mass is 328 g/mol. The lowest BCUT2D eigenvalue weighted by Gasteiger charge is -1.98. The summed E-state index contributed by atoms with van der Waals surface area (Å²) in [4.78, 5) is 10.2. The molecule has 0 bridgehead atoms. The standard InChI is InChI=1S/C22H32O2/c1-2-3-4-5-6-7-8-9-10-11-12-13-14-15-16-17-18-19-20-21-22(23)24/h10-21H,2-9H2,1H3,(H,23,24)/b11-10+,13-12+,15-14+,17-16-,19-18+,21-20+. The summed E-state index contributed by atoms with van der Waals surface area (Å²) in [5.41, 5.74) is 0. The Morgan fingerprint density at radius 2 is 1.12 bits per heavy atom. The zero-order valence-corrected chi connectivity index (χ0v) is 14.9. The van der Waals surface area contributed by atoms with E-state index < -0.39 is 5.97 Å². The van der Waals surface area contributed by atoms with Gasteiger partial charge in [0.2, 0.25) is 0 Å². The topological polar surface area (TPSA) is 37.3 Å². The second-order valence-corrected chi connectivity index (χ2v) is 5.58. The SMILES string of the molecule is CCCCCCCCC/C=C/C=C/C=C/C=C\C=C\C=C\C(=O)O. The second-order valence-electron chi connectivity index (χ2n) is 5.58. The summed E-state index contributed by atoms with van der Waals surface area (Å²) in [5.74, 6) is -0.936. The van der Waals surface area contributed by atoms with Gasteiger partial charge in [-0.15, -0.1) is 0 Å². The van der Waals surface area contributed by atoms with Crippen molar-refractivity contribution in [3.05, 3.63) is 72.9 Å². The van der Waals surface area contributed by atoms with E-state index in [0.29, 0.717) is 0 Å². The predicted octanol–water partition coefficient (Wildman–Crippen LogP) is 6.55. The lowest BCUT2D eigenvalue weighted by molar-refractivity contribution is -0.131. The molecule has 132 valence electrons. The van der Waals surface area contributed by atoms with Crippen molar-refractivity contribution in [1.29, 1.82) is 0 Å². The van der Waals surface area contributed by atoms with Gasteiger partial charge in [-0.1, -0.05) is 112 Å². The summed E-state index contributed by atoms with van der Waals surface area (Å²) < 4.78 is 0. The summed E-state index contributed by atoms with van der Waals surface area (Å²) in [7, 11) is 0. The van der Waals surface area contributed by atoms with Crippen LogP contribution in [0.1, 0.15) is 58.3 Å². The van der Waals surface area contributed by atoms with Gasteiger partial charge in [0.25, 0.3) is 0 Å². The minimum absolute atomic E-state index is 0.936. The number of rotatable bonds is 14. The Labute approximate surface area is 147 Å². The van der Waals surface area contributed by atoms with Gasteiger partial charge in [-0.2, -0.15) is 0 Å². The molecule has 1 N–H and O–H groups in total. The van der Waals surface area contributed by atoms with Crippen molar-refractivity contribution in [2.24, 2.45) is 0 Å². The van der Waals surface area contributed by atoms with Gasteiger partial charge in [-0.25, -0.2) is 4.79 Å². The normalized spacial score (nSPS) is 13.0. The molecule has 0 atom stereocenters. The lowest BCUT2D eigenvalue weighted by Crippen LogP contribution is -1.84. The van der Waals surface area contributed by atoms with Crippen molar-refractivity contribution in [3.63, 3.8) is 0 Å². The number of allylic oxidation sites excluding steroid dienone is 11. The Morgan fingerprint density at radius 3 is 1.67 bits per heavy atom. The largest absolute Gasteiger partial charge is 0.478 e. The molecule has 0 aromatic heterocycles. The van der Waals surface area contributed by atoms with Crippen molar-refractivity contribution < 1.29 is 9.90 Å². The Balaban J connectivity index is 3.57. The van der Waals surface area contributed by atoms with E-state index in [9.17, 15) is 4.79 Å². The third kappa shape index (κ3) is 19.9. The Hall–Kier alpha value is -2.09. The van der Waals surface area contributed by atoms with Crippen molar-refractivity contribution >= 4 is 5.97 Å². The van der Waals surface area contributed by atoms with Crippen LogP contribution in [0, 0.1) is 0 Å². The third-order valence-electron chi connectivity index (χ3n) is 3.35. The van der Waals surface area contributed by atoms with E-state index in [1.54, 1.807) is 12.2 Å². The fourth-order valence-electron chi connectivity index (χ4n) is 2.05. The summed E-state index contributed by atoms with van der Waals surface area (Å²) in [5, 5.41) is 8.39. The van der Waals surface area contributed by atoms with Gasteiger partial charge >= 0.3 is 5.97 Å². The molecule has 24 heavy (non-hydrogen) atoms. The molecule has 2 heteroatoms. The molecule has 0 fully saturated rings. The molecule has 0 radical (unpaired) electrons.